The molecule has 0 amide bonds. The average molecular weight is 702 g/mol. The zero-order chi connectivity index (χ0) is 26.6. The quantitative estimate of drug-likeness (QED) is 0.0901. The maximum atomic E-state index is 11.0. The zero-order valence-corrected chi connectivity index (χ0v) is 28.9. The Morgan fingerprint density at radius 3 is 0.902 bits per heavy atom. The van der Waals surface area contributed by atoms with Gasteiger partial charge in [-0.1, -0.05) is 12.1 Å². The van der Waals surface area contributed by atoms with Gasteiger partial charge in [-0.15, -0.1) is 0 Å². The molecule has 0 aliphatic rings. The Hall–Kier alpha value is 0.620. The van der Waals surface area contributed by atoms with E-state index in [2.05, 4.69) is 9.97 Å². The Labute approximate surface area is 275 Å². The first-order valence-electron chi connectivity index (χ1n) is 8.61. The fourth-order valence-corrected chi connectivity index (χ4v) is 6.57. The fourth-order valence-electron chi connectivity index (χ4n) is 2.30. The van der Waals surface area contributed by atoms with Gasteiger partial charge >= 0.3 is 89.5 Å². The van der Waals surface area contributed by atoms with Crippen LogP contribution < -0.4 is 59.1 Å². The zero-order valence-electron chi connectivity index (χ0n) is 21.3. The summed E-state index contributed by atoms with van der Waals surface area (Å²) in [7, 11) is -21.6. The number of hydrogen-bond acceptors (Lipinski definition) is 8. The summed E-state index contributed by atoms with van der Waals surface area (Å²) in [6.07, 6.45) is 3.26. The predicted octanol–water partition coefficient (Wildman–Crippen LogP) is -10.9. The molecule has 2 aromatic heterocycles. The van der Waals surface area contributed by atoms with Crippen molar-refractivity contribution < 1.29 is 154 Å². The van der Waals surface area contributed by atoms with Crippen LogP contribution in [0.5, 0.6) is 0 Å². The van der Waals surface area contributed by atoms with Crippen LogP contribution in [0.2, 0.25) is 0 Å². The second-order valence-electron chi connectivity index (χ2n) is 6.80. The Morgan fingerprint density at radius 2 is 0.756 bits per heavy atom. The van der Waals surface area contributed by atoms with Gasteiger partial charge in [0.05, 0.1) is 0 Å². The van der Waals surface area contributed by atoms with Crippen LogP contribution in [0.4, 0.5) is 0 Å². The maximum absolute atomic E-state index is 11.0. The number of rotatable bonds is 8. The van der Waals surface area contributed by atoms with Gasteiger partial charge in [0.15, 0.2) is 0 Å². The molecule has 2 heterocycles. The van der Waals surface area contributed by atoms with Crippen LogP contribution in [-0.4, -0.2) is 96.9 Å². The third-order valence-corrected chi connectivity index (χ3v) is 11.7. The van der Waals surface area contributed by atoms with Crippen LogP contribution in [0.1, 0.15) is 11.1 Å². The molecule has 20 N–H and O–H groups in total. The third-order valence-electron chi connectivity index (χ3n) is 4.19. The Kier molecular flexibility index (Phi) is 29.9. The van der Waals surface area contributed by atoms with E-state index in [1.165, 1.54) is 36.7 Å². The van der Waals surface area contributed by atoms with Crippen LogP contribution in [0, 0.1) is 0 Å². The first kappa shape index (κ1) is 57.3. The minimum Gasteiger partial charge on any atom is -0.412 e. The first-order chi connectivity index (χ1) is 15.2. The molecule has 0 aliphatic carbocycles. The molecule has 0 radical (unpaired) electrons. The van der Waals surface area contributed by atoms with Crippen LogP contribution in [0.15, 0.2) is 49.1 Å². The number of pyridine rings is 2. The molecular weight excluding hydrogens is 670 g/mol. The van der Waals surface area contributed by atoms with Gasteiger partial charge < -0.3 is 76.7 Å². The summed E-state index contributed by atoms with van der Waals surface area (Å²) in [5, 5.41) is 12.3. The summed E-state index contributed by atoms with van der Waals surface area (Å²) >= 11 is 0. The first-order valence-corrected chi connectivity index (χ1v) is 15.1. The molecule has 0 saturated carbocycles. The van der Waals surface area contributed by atoms with Crippen molar-refractivity contribution in [1.82, 2.24) is 9.97 Å². The number of aromatic nitrogens is 2. The molecule has 0 aromatic carbocycles. The molecule has 0 aliphatic heterocycles. The van der Waals surface area contributed by atoms with E-state index in [9.17, 15) is 28.5 Å². The van der Waals surface area contributed by atoms with Crippen LogP contribution in [0.25, 0.3) is 0 Å². The summed E-state index contributed by atoms with van der Waals surface area (Å²) in [5.41, 5.74) is 0.198. The molecule has 232 valence electrons. The molecule has 2 rings (SSSR count). The molecule has 2 aromatic rings. The molecule has 0 fully saturated rings. The van der Waals surface area contributed by atoms with Crippen molar-refractivity contribution in [3.63, 3.8) is 0 Å². The SMILES string of the molecule is O.O.O.O.O.O=P(O)(O)C(O)(Cc1cccnc1)P(=O)(O)O.O=P(O)(O)C(O)(Cc1cccnc1)P(=O)(O)O.[Na+].[Na+]. The van der Waals surface area contributed by atoms with Crippen molar-refractivity contribution in [2.24, 2.45) is 0 Å². The Balaban J connectivity index is -0.0000000963. The summed E-state index contributed by atoms with van der Waals surface area (Å²) in [4.78, 5) is 78.3. The van der Waals surface area contributed by atoms with Gasteiger partial charge in [0.25, 0.3) is 10.2 Å². The second-order valence-corrected chi connectivity index (χ2v) is 14.8. The monoisotopic (exact) mass is 702 g/mol. The van der Waals surface area contributed by atoms with Crippen LogP contribution >= 0.6 is 30.4 Å². The maximum Gasteiger partial charge on any atom is 1.00 e. The molecule has 21 nitrogen and oxygen atoms in total. The van der Waals surface area contributed by atoms with Gasteiger partial charge in [0.2, 0.25) is 0 Å². The predicted molar refractivity (Wildman–Crippen MR) is 132 cm³/mol. The van der Waals surface area contributed by atoms with Crippen molar-refractivity contribution in [1.29, 1.82) is 0 Å². The third kappa shape index (κ3) is 15.5. The minimum absolute atomic E-state index is 0. The van der Waals surface area contributed by atoms with Gasteiger partial charge in [-0.3, -0.25) is 28.2 Å². The number of aliphatic hydroxyl groups is 2. The van der Waals surface area contributed by atoms with E-state index in [4.69, 9.17) is 39.1 Å². The number of nitrogens with zero attached hydrogens (tertiary/aromatic N) is 2. The molecule has 41 heavy (non-hydrogen) atoms. The average Bonchev–Trinajstić information content (AvgIpc) is 2.66. The smallest absolute Gasteiger partial charge is 0.412 e. The summed E-state index contributed by atoms with van der Waals surface area (Å²) in [5.74, 6) is 0. The van der Waals surface area contributed by atoms with Gasteiger partial charge in [-0.25, -0.2) is 0 Å². The summed E-state index contributed by atoms with van der Waals surface area (Å²) in [6, 6.07) is 5.50. The Bertz CT molecular complexity index is 1020. The van der Waals surface area contributed by atoms with Gasteiger partial charge in [0.1, 0.15) is 0 Å². The molecule has 27 heteroatoms. The summed E-state index contributed by atoms with van der Waals surface area (Å²) < 4.78 is 44.1. The largest absolute Gasteiger partial charge is 1.00 e. The minimum atomic E-state index is -5.41. The van der Waals surface area contributed by atoms with Crippen molar-refractivity contribution in [3.05, 3.63) is 60.2 Å². The Morgan fingerprint density at radius 1 is 0.537 bits per heavy atom. The van der Waals surface area contributed by atoms with Gasteiger partial charge in [0, 0.05) is 37.6 Å². The number of hydrogen-bond donors (Lipinski definition) is 10. The van der Waals surface area contributed by atoms with Crippen molar-refractivity contribution in [2.45, 2.75) is 23.0 Å². The van der Waals surface area contributed by atoms with E-state index in [-0.39, 0.29) is 97.6 Å². The molecule has 0 bridgehead atoms. The van der Waals surface area contributed by atoms with E-state index < -0.39 is 53.4 Å². The molecule has 0 unspecified atom stereocenters. The summed E-state index contributed by atoms with van der Waals surface area (Å²) in [6.45, 7) is 0. The van der Waals surface area contributed by atoms with Crippen LogP contribution in [0.3, 0.4) is 0 Å². The van der Waals surface area contributed by atoms with Crippen LogP contribution in [-0.2, 0) is 31.1 Å². The molecule has 0 spiro atoms. The fraction of sp³-hybridized carbons (Fsp3) is 0.286. The second kappa shape index (κ2) is 21.4. The standard InChI is InChI=1S/2C7H11NO7P2.2Na.5H2O/c2*9-7(16(10,11)12,17(13,14)15)4-6-2-1-3-8-5-6;;;;;;;/h2*1-3,5,9H,4H2,(H2,10,11,12)(H2,13,14,15);;;5*1H2/q;;2*+1;;;;;. The normalized spacial score (nSPS) is 11.4. The topological polar surface area (TPSA) is 454 Å². The molecular formula is C14H32N2Na2O19P4+2. The van der Waals surface area contributed by atoms with Crippen molar-refractivity contribution in [2.75, 3.05) is 0 Å². The van der Waals surface area contributed by atoms with E-state index in [0.717, 1.165) is 12.4 Å². The van der Waals surface area contributed by atoms with Crippen molar-refractivity contribution >= 4 is 30.4 Å². The van der Waals surface area contributed by atoms with Gasteiger partial charge in [-0.05, 0) is 23.3 Å². The molecule has 0 saturated heterocycles. The van der Waals surface area contributed by atoms with E-state index >= 15 is 0 Å². The van der Waals surface area contributed by atoms with Gasteiger partial charge in [-0.2, -0.15) is 0 Å². The van der Waals surface area contributed by atoms with E-state index in [1.54, 1.807) is 0 Å². The van der Waals surface area contributed by atoms with Crippen molar-refractivity contribution in [3.8, 4) is 0 Å². The van der Waals surface area contributed by atoms with E-state index in [1.807, 2.05) is 0 Å². The molecule has 0 atom stereocenters. The van der Waals surface area contributed by atoms with E-state index in [0.29, 0.717) is 0 Å².